The fourth-order valence-corrected chi connectivity index (χ4v) is 1.58. The van der Waals surface area contributed by atoms with Gasteiger partial charge in [0.2, 0.25) is 0 Å². The summed E-state index contributed by atoms with van der Waals surface area (Å²) >= 11 is 0. The summed E-state index contributed by atoms with van der Waals surface area (Å²) in [6.45, 7) is 3.59. The minimum Gasteiger partial charge on any atom is -0.505 e. The van der Waals surface area contributed by atoms with Crippen LogP contribution in [0.3, 0.4) is 0 Å². The third-order valence-electron chi connectivity index (χ3n) is 2.28. The van der Waals surface area contributed by atoms with Crippen LogP contribution in [-0.2, 0) is 12.1 Å². The van der Waals surface area contributed by atoms with E-state index < -0.39 is 17.2 Å². The molecule has 1 aromatic rings. The topological polar surface area (TPSA) is 43.7 Å². The molecule has 0 amide bonds. The number of aliphatic hydroxyl groups is 1. The van der Waals surface area contributed by atoms with Crippen LogP contribution < -0.4 is 0 Å². The molecule has 3 nitrogen and oxygen atoms in total. The minimum atomic E-state index is -1.26. The smallest absolute Gasteiger partial charge is 0.165 e. The largest absolute Gasteiger partial charge is 0.505 e. The molecule has 4 heteroatoms. The summed E-state index contributed by atoms with van der Waals surface area (Å²) < 4.78 is 13.4. The SMILES string of the molecule is CN(C)Cc1cc(F)c(O)c(C(C)(C)O)c1. The molecule has 0 radical (unpaired) electrons. The molecule has 0 saturated heterocycles. The van der Waals surface area contributed by atoms with Crippen molar-refractivity contribution in [2.75, 3.05) is 14.1 Å². The molecule has 1 rings (SSSR count). The normalized spacial score (nSPS) is 12.2. The van der Waals surface area contributed by atoms with Gasteiger partial charge < -0.3 is 15.1 Å². The number of aromatic hydroxyl groups is 1. The molecule has 0 spiro atoms. The number of benzene rings is 1. The van der Waals surface area contributed by atoms with Gasteiger partial charge in [-0.1, -0.05) is 0 Å². The van der Waals surface area contributed by atoms with E-state index in [-0.39, 0.29) is 5.56 Å². The second kappa shape index (κ2) is 4.39. The summed E-state index contributed by atoms with van der Waals surface area (Å²) in [6.07, 6.45) is 0. The highest BCUT2D eigenvalue weighted by Crippen LogP contribution is 2.32. The van der Waals surface area contributed by atoms with E-state index in [1.54, 1.807) is 6.07 Å². The Morgan fingerprint density at radius 2 is 1.88 bits per heavy atom. The van der Waals surface area contributed by atoms with Crippen molar-refractivity contribution >= 4 is 0 Å². The Morgan fingerprint density at radius 1 is 1.31 bits per heavy atom. The first-order valence-electron chi connectivity index (χ1n) is 5.11. The Labute approximate surface area is 95.1 Å². The minimum absolute atomic E-state index is 0.212. The zero-order valence-corrected chi connectivity index (χ0v) is 10.1. The van der Waals surface area contributed by atoms with Gasteiger partial charge in [-0.25, -0.2) is 4.39 Å². The van der Waals surface area contributed by atoms with Crippen LogP contribution in [0, 0.1) is 5.82 Å². The van der Waals surface area contributed by atoms with Crippen molar-refractivity contribution in [2.45, 2.75) is 26.0 Å². The molecule has 2 N–H and O–H groups in total. The Hall–Kier alpha value is -1.13. The average Bonchev–Trinajstić information content (AvgIpc) is 2.08. The molecule has 0 fully saturated rings. The highest BCUT2D eigenvalue weighted by atomic mass is 19.1. The molecular formula is C12H18FNO2. The average molecular weight is 227 g/mol. The summed E-state index contributed by atoms with van der Waals surface area (Å²) in [5.41, 5.74) is -0.325. The summed E-state index contributed by atoms with van der Waals surface area (Å²) in [7, 11) is 3.74. The molecule has 0 bridgehead atoms. The van der Waals surface area contributed by atoms with Crippen molar-refractivity contribution in [2.24, 2.45) is 0 Å². The molecule has 16 heavy (non-hydrogen) atoms. The van der Waals surface area contributed by atoms with E-state index >= 15 is 0 Å². The second-order valence-electron chi connectivity index (χ2n) is 4.77. The Kier molecular flexibility index (Phi) is 3.55. The molecule has 0 heterocycles. The van der Waals surface area contributed by atoms with E-state index in [9.17, 15) is 14.6 Å². The summed E-state index contributed by atoms with van der Waals surface area (Å²) in [6, 6.07) is 2.91. The lowest BCUT2D eigenvalue weighted by atomic mass is 9.95. The lowest BCUT2D eigenvalue weighted by Crippen LogP contribution is -2.18. The molecular weight excluding hydrogens is 209 g/mol. The van der Waals surface area contributed by atoms with E-state index in [0.29, 0.717) is 6.54 Å². The van der Waals surface area contributed by atoms with Gasteiger partial charge in [-0.2, -0.15) is 0 Å². The Balaban J connectivity index is 3.23. The molecule has 0 aromatic heterocycles. The van der Waals surface area contributed by atoms with Crippen LogP contribution >= 0.6 is 0 Å². The van der Waals surface area contributed by atoms with Crippen LogP contribution in [0.1, 0.15) is 25.0 Å². The fraction of sp³-hybridized carbons (Fsp3) is 0.500. The maximum atomic E-state index is 13.4. The van der Waals surface area contributed by atoms with Gasteiger partial charge in [0.25, 0.3) is 0 Å². The molecule has 0 atom stereocenters. The third-order valence-corrected chi connectivity index (χ3v) is 2.28. The molecule has 0 aliphatic rings. The van der Waals surface area contributed by atoms with E-state index in [1.165, 1.54) is 19.9 Å². The summed E-state index contributed by atoms with van der Waals surface area (Å²) in [5.74, 6) is -1.17. The second-order valence-corrected chi connectivity index (χ2v) is 4.77. The molecule has 1 aromatic carbocycles. The number of hydrogen-bond acceptors (Lipinski definition) is 3. The highest BCUT2D eigenvalue weighted by molar-refractivity contribution is 5.40. The van der Waals surface area contributed by atoms with Crippen molar-refractivity contribution in [3.05, 3.63) is 29.1 Å². The van der Waals surface area contributed by atoms with Crippen LogP contribution in [0.15, 0.2) is 12.1 Å². The number of hydrogen-bond donors (Lipinski definition) is 2. The number of phenols is 1. The number of halogens is 1. The van der Waals surface area contributed by atoms with E-state index in [0.717, 1.165) is 5.56 Å². The summed E-state index contributed by atoms with van der Waals surface area (Å²) in [5, 5.41) is 19.4. The van der Waals surface area contributed by atoms with Crippen molar-refractivity contribution in [1.82, 2.24) is 4.90 Å². The van der Waals surface area contributed by atoms with Crippen LogP contribution in [-0.4, -0.2) is 29.2 Å². The van der Waals surface area contributed by atoms with Gasteiger partial charge >= 0.3 is 0 Å². The van der Waals surface area contributed by atoms with Crippen LogP contribution in [0.5, 0.6) is 5.75 Å². The van der Waals surface area contributed by atoms with Crippen molar-refractivity contribution < 1.29 is 14.6 Å². The lowest BCUT2D eigenvalue weighted by Gasteiger charge is -2.21. The number of rotatable bonds is 3. The van der Waals surface area contributed by atoms with Crippen molar-refractivity contribution in [3.8, 4) is 5.75 Å². The van der Waals surface area contributed by atoms with Gasteiger partial charge in [-0.05, 0) is 45.6 Å². The van der Waals surface area contributed by atoms with Crippen molar-refractivity contribution in [1.29, 1.82) is 0 Å². The monoisotopic (exact) mass is 227 g/mol. The lowest BCUT2D eigenvalue weighted by molar-refractivity contribution is 0.0750. The maximum absolute atomic E-state index is 13.4. The molecule has 0 saturated carbocycles. The maximum Gasteiger partial charge on any atom is 0.165 e. The van der Waals surface area contributed by atoms with Crippen LogP contribution in [0.2, 0.25) is 0 Å². The highest BCUT2D eigenvalue weighted by Gasteiger charge is 2.23. The van der Waals surface area contributed by atoms with E-state index in [2.05, 4.69) is 0 Å². The van der Waals surface area contributed by atoms with E-state index in [4.69, 9.17) is 0 Å². The van der Waals surface area contributed by atoms with Gasteiger partial charge in [0.05, 0.1) is 5.60 Å². The first-order valence-corrected chi connectivity index (χ1v) is 5.11. The Bertz CT molecular complexity index is 383. The third kappa shape index (κ3) is 2.93. The molecule has 0 aliphatic carbocycles. The zero-order valence-electron chi connectivity index (χ0n) is 10.1. The molecule has 0 aliphatic heterocycles. The van der Waals surface area contributed by atoms with Crippen molar-refractivity contribution in [3.63, 3.8) is 0 Å². The molecule has 0 unspecified atom stereocenters. The number of nitrogens with zero attached hydrogens (tertiary/aromatic N) is 1. The fourth-order valence-electron chi connectivity index (χ4n) is 1.58. The van der Waals surface area contributed by atoms with Gasteiger partial charge in [-0.3, -0.25) is 0 Å². The molecule has 90 valence electrons. The Morgan fingerprint density at radius 3 is 2.31 bits per heavy atom. The quantitative estimate of drug-likeness (QED) is 0.827. The van der Waals surface area contributed by atoms with Gasteiger partial charge in [0, 0.05) is 12.1 Å². The van der Waals surface area contributed by atoms with Gasteiger partial charge in [0.1, 0.15) is 0 Å². The van der Waals surface area contributed by atoms with Gasteiger partial charge in [-0.15, -0.1) is 0 Å². The predicted molar refractivity (Wildman–Crippen MR) is 60.7 cm³/mol. The first-order chi connectivity index (χ1) is 7.21. The zero-order chi connectivity index (χ0) is 12.5. The van der Waals surface area contributed by atoms with Gasteiger partial charge in [0.15, 0.2) is 11.6 Å². The van der Waals surface area contributed by atoms with E-state index in [1.807, 2.05) is 19.0 Å². The van der Waals surface area contributed by atoms with Crippen LogP contribution in [0.25, 0.3) is 0 Å². The number of phenolic OH excluding ortho intramolecular Hbond substituents is 1. The predicted octanol–water partition coefficient (Wildman–Crippen LogP) is 1.82. The summed E-state index contributed by atoms with van der Waals surface area (Å²) in [4.78, 5) is 1.89. The first kappa shape index (κ1) is 12.9. The standard InChI is InChI=1S/C12H18FNO2/c1-12(2,16)9-5-8(7-14(3)4)6-10(13)11(9)15/h5-6,15-16H,7H2,1-4H3. The van der Waals surface area contributed by atoms with Crippen LogP contribution in [0.4, 0.5) is 4.39 Å².